The average molecular weight is 395 g/mol. The van der Waals surface area contributed by atoms with Crippen LogP contribution < -0.4 is 0 Å². The Morgan fingerprint density at radius 3 is 2.61 bits per heavy atom. The topological polar surface area (TPSA) is 75.4 Å². The second-order valence-corrected chi connectivity index (χ2v) is 8.85. The lowest BCUT2D eigenvalue weighted by molar-refractivity contribution is -0.142. The van der Waals surface area contributed by atoms with E-state index >= 15 is 0 Å². The maximum Gasteiger partial charge on any atom is 0.308 e. The summed E-state index contributed by atoms with van der Waals surface area (Å²) in [5, 5.41) is 15.2. The van der Waals surface area contributed by atoms with Gasteiger partial charge < -0.3 is 10.0 Å². The number of nitrogens with zero attached hydrogens (tertiary/aromatic N) is 3. The first-order valence-electron chi connectivity index (χ1n) is 9.59. The number of likely N-dealkylation sites (tertiary alicyclic amines) is 1. The molecule has 0 radical (unpaired) electrons. The van der Waals surface area contributed by atoms with Gasteiger partial charge in [-0.2, -0.15) is 5.10 Å². The number of carboxylic acid groups (broad SMARTS) is 1. The smallest absolute Gasteiger partial charge is 0.308 e. The molecular weight excluding hydrogens is 374 g/mol. The van der Waals surface area contributed by atoms with E-state index < -0.39 is 11.9 Å². The first kappa shape index (κ1) is 17.4. The van der Waals surface area contributed by atoms with Gasteiger partial charge in [0, 0.05) is 18.5 Å². The van der Waals surface area contributed by atoms with Crippen molar-refractivity contribution in [3.8, 4) is 5.69 Å². The van der Waals surface area contributed by atoms with Gasteiger partial charge in [-0.05, 0) is 49.8 Å². The van der Waals surface area contributed by atoms with E-state index in [2.05, 4.69) is 5.10 Å². The molecule has 1 saturated heterocycles. The number of aryl methyl sites for hydroxylation is 1. The van der Waals surface area contributed by atoms with Crippen LogP contribution in [0.15, 0.2) is 36.4 Å². The van der Waals surface area contributed by atoms with Crippen LogP contribution in [0.25, 0.3) is 15.9 Å². The van der Waals surface area contributed by atoms with Gasteiger partial charge in [-0.15, -0.1) is 11.3 Å². The number of carbonyl (C=O) groups excluding carboxylic acids is 1. The van der Waals surface area contributed by atoms with Gasteiger partial charge in [-0.25, -0.2) is 4.68 Å². The van der Waals surface area contributed by atoms with Gasteiger partial charge in [0.1, 0.15) is 4.83 Å². The Balaban J connectivity index is 1.46. The number of para-hydroxylation sites is 1. The molecule has 1 saturated carbocycles. The number of aliphatic carboxylic acids is 1. The van der Waals surface area contributed by atoms with Crippen molar-refractivity contribution in [2.24, 2.45) is 17.8 Å². The minimum absolute atomic E-state index is 0.0605. The highest BCUT2D eigenvalue weighted by atomic mass is 32.1. The van der Waals surface area contributed by atoms with E-state index in [1.807, 2.05) is 48.0 Å². The van der Waals surface area contributed by atoms with Gasteiger partial charge in [0.15, 0.2) is 0 Å². The van der Waals surface area contributed by atoms with E-state index in [0.29, 0.717) is 23.9 Å². The average Bonchev–Trinajstić information content (AvgIpc) is 3.16. The lowest BCUT2D eigenvalue weighted by atomic mass is 9.92. The van der Waals surface area contributed by atoms with Gasteiger partial charge in [-0.1, -0.05) is 18.2 Å². The minimum Gasteiger partial charge on any atom is -0.481 e. The molecule has 1 aliphatic heterocycles. The normalized spacial score (nSPS) is 22.1. The number of thiophene rings is 1. The van der Waals surface area contributed by atoms with Crippen LogP contribution in [0.5, 0.6) is 0 Å². The van der Waals surface area contributed by atoms with Crippen molar-refractivity contribution < 1.29 is 14.7 Å². The Bertz CT molecular complexity index is 1070. The molecule has 1 aliphatic carbocycles. The van der Waals surface area contributed by atoms with Crippen LogP contribution in [-0.4, -0.2) is 44.8 Å². The van der Waals surface area contributed by atoms with Crippen molar-refractivity contribution in [3.63, 3.8) is 0 Å². The standard InChI is InChI=1S/C21H21N3O3S/c1-12-15-9-18(28-20(15)24(22-12)14-5-3-2-4-6-14)19(25)23-10-16(13-7-8-13)17(11-23)21(26)27/h2-6,9,13,16-17H,7-8,10-11H2,1H3,(H,26,27)/t16-,17+/m1/s1. The molecule has 5 rings (SSSR count). The quantitative estimate of drug-likeness (QED) is 0.733. The molecule has 6 nitrogen and oxygen atoms in total. The molecule has 2 fully saturated rings. The number of carboxylic acids is 1. The summed E-state index contributed by atoms with van der Waals surface area (Å²) in [6, 6.07) is 11.8. The summed E-state index contributed by atoms with van der Waals surface area (Å²) < 4.78 is 1.88. The van der Waals surface area contributed by atoms with Crippen molar-refractivity contribution >= 4 is 33.4 Å². The van der Waals surface area contributed by atoms with Crippen LogP contribution in [0.4, 0.5) is 0 Å². The molecular formula is C21H21N3O3S. The molecule has 1 N–H and O–H groups in total. The Labute approximate surface area is 166 Å². The summed E-state index contributed by atoms with van der Waals surface area (Å²) in [4.78, 5) is 28.1. The summed E-state index contributed by atoms with van der Waals surface area (Å²) >= 11 is 1.43. The highest BCUT2D eigenvalue weighted by Gasteiger charge is 2.47. The predicted molar refractivity (Wildman–Crippen MR) is 107 cm³/mol. The lowest BCUT2D eigenvalue weighted by Crippen LogP contribution is -2.29. The second kappa shape index (κ2) is 6.44. The van der Waals surface area contributed by atoms with Crippen LogP contribution in [0, 0.1) is 24.7 Å². The molecule has 3 aromatic rings. The number of aromatic nitrogens is 2. The Morgan fingerprint density at radius 1 is 1.18 bits per heavy atom. The molecule has 0 unspecified atom stereocenters. The van der Waals surface area contributed by atoms with Crippen LogP contribution >= 0.6 is 11.3 Å². The first-order valence-corrected chi connectivity index (χ1v) is 10.4. The third kappa shape index (κ3) is 2.81. The lowest BCUT2D eigenvalue weighted by Gasteiger charge is -2.15. The van der Waals surface area contributed by atoms with Crippen LogP contribution in [0.1, 0.15) is 28.2 Å². The molecule has 28 heavy (non-hydrogen) atoms. The number of hydrogen-bond donors (Lipinski definition) is 1. The number of benzene rings is 1. The van der Waals surface area contributed by atoms with Crippen molar-refractivity contribution in [1.29, 1.82) is 0 Å². The summed E-state index contributed by atoms with van der Waals surface area (Å²) in [5.41, 5.74) is 1.84. The number of rotatable bonds is 4. The molecule has 3 heterocycles. The monoisotopic (exact) mass is 395 g/mol. The minimum atomic E-state index is -0.779. The fourth-order valence-corrected chi connectivity index (χ4v) is 5.46. The van der Waals surface area contributed by atoms with Gasteiger partial charge in [0.25, 0.3) is 5.91 Å². The van der Waals surface area contributed by atoms with Crippen LogP contribution in [-0.2, 0) is 4.79 Å². The number of carbonyl (C=O) groups is 2. The fourth-order valence-electron chi connectivity index (χ4n) is 4.31. The first-order chi connectivity index (χ1) is 13.5. The molecule has 1 amide bonds. The summed E-state index contributed by atoms with van der Waals surface area (Å²) in [7, 11) is 0. The Kier molecular flexibility index (Phi) is 4.01. The van der Waals surface area contributed by atoms with E-state index in [-0.39, 0.29) is 11.8 Å². The van der Waals surface area contributed by atoms with Crippen molar-refractivity contribution in [1.82, 2.24) is 14.7 Å². The van der Waals surface area contributed by atoms with Crippen LogP contribution in [0.2, 0.25) is 0 Å². The molecule has 7 heteroatoms. The maximum absolute atomic E-state index is 13.1. The molecule has 2 aliphatic rings. The molecule has 0 spiro atoms. The zero-order chi connectivity index (χ0) is 19.4. The zero-order valence-electron chi connectivity index (χ0n) is 15.5. The van der Waals surface area contributed by atoms with Gasteiger partial charge >= 0.3 is 5.97 Å². The van der Waals surface area contributed by atoms with Crippen LogP contribution in [0.3, 0.4) is 0 Å². The third-order valence-electron chi connectivity index (χ3n) is 5.95. The molecule has 2 aromatic heterocycles. The predicted octanol–water partition coefficient (Wildman–Crippen LogP) is 3.58. The Hall–Kier alpha value is -2.67. The highest BCUT2D eigenvalue weighted by Crippen LogP contribution is 2.44. The number of hydrogen-bond acceptors (Lipinski definition) is 4. The van der Waals surface area contributed by atoms with Crippen molar-refractivity contribution in [2.45, 2.75) is 19.8 Å². The largest absolute Gasteiger partial charge is 0.481 e. The molecule has 2 atom stereocenters. The van der Waals surface area contributed by atoms with Crippen molar-refractivity contribution in [3.05, 3.63) is 47.0 Å². The maximum atomic E-state index is 13.1. The summed E-state index contributed by atoms with van der Waals surface area (Å²) in [6.45, 7) is 2.81. The molecule has 1 aromatic carbocycles. The zero-order valence-corrected chi connectivity index (χ0v) is 16.4. The Morgan fingerprint density at radius 2 is 1.93 bits per heavy atom. The van der Waals surface area contributed by atoms with Gasteiger partial charge in [-0.3, -0.25) is 9.59 Å². The van der Waals surface area contributed by atoms with E-state index in [0.717, 1.165) is 34.4 Å². The summed E-state index contributed by atoms with van der Waals surface area (Å²) in [6.07, 6.45) is 2.18. The van der Waals surface area contributed by atoms with E-state index in [9.17, 15) is 14.7 Å². The highest BCUT2D eigenvalue weighted by molar-refractivity contribution is 7.20. The number of amides is 1. The fraction of sp³-hybridized carbons (Fsp3) is 0.381. The van der Waals surface area contributed by atoms with E-state index in [4.69, 9.17) is 0 Å². The van der Waals surface area contributed by atoms with E-state index in [1.165, 1.54) is 11.3 Å². The number of fused-ring (bicyclic) bond motifs is 1. The van der Waals surface area contributed by atoms with Crippen molar-refractivity contribution in [2.75, 3.05) is 13.1 Å². The molecule has 144 valence electrons. The van der Waals surface area contributed by atoms with E-state index in [1.54, 1.807) is 4.90 Å². The SMILES string of the molecule is Cc1nn(-c2ccccc2)c2sc(C(=O)N3C[C@H](C(=O)O)[C@@H](C4CC4)C3)cc12. The summed E-state index contributed by atoms with van der Waals surface area (Å²) in [5.74, 6) is -0.714. The third-order valence-corrected chi connectivity index (χ3v) is 7.05. The second-order valence-electron chi connectivity index (χ2n) is 7.82. The molecule has 0 bridgehead atoms. The van der Waals surface area contributed by atoms with Gasteiger partial charge in [0.05, 0.1) is 22.2 Å². The van der Waals surface area contributed by atoms with Gasteiger partial charge in [0.2, 0.25) is 0 Å².